The van der Waals surface area contributed by atoms with E-state index in [0.29, 0.717) is 29.0 Å². The van der Waals surface area contributed by atoms with Crippen LogP contribution in [0.4, 0.5) is 0 Å². The third kappa shape index (κ3) is 2.21. The van der Waals surface area contributed by atoms with Crippen molar-refractivity contribution < 1.29 is 9.90 Å². The summed E-state index contributed by atoms with van der Waals surface area (Å²) in [5.41, 5.74) is 1.73. The normalized spacial score (nSPS) is 53.6. The third-order valence-electron chi connectivity index (χ3n) is 8.80. The summed E-state index contributed by atoms with van der Waals surface area (Å²) in [5.74, 6) is 2.71. The van der Waals surface area contributed by atoms with Crippen molar-refractivity contribution in [1.29, 1.82) is 0 Å². The molecule has 0 radical (unpaired) electrons. The first kappa shape index (κ1) is 16.8. The van der Waals surface area contributed by atoms with Crippen LogP contribution in [0.2, 0.25) is 0 Å². The van der Waals surface area contributed by atoms with E-state index in [1.54, 1.807) is 12.5 Å². The molecule has 4 aliphatic carbocycles. The zero-order valence-electron chi connectivity index (χ0n) is 15.9. The summed E-state index contributed by atoms with van der Waals surface area (Å²) in [5, 5.41) is 10.6. The number of hydrogen-bond donors (Lipinski definition) is 1. The molecule has 0 spiro atoms. The second-order valence-corrected chi connectivity index (χ2v) is 10.2. The molecule has 2 nitrogen and oxygen atoms in total. The number of fused-ring (bicyclic) bond motifs is 5. The standard InChI is InChI=1S/C22H34O2/c1-14(23)17-7-8-18-16-6-5-15-13-20(2,24)11-12-21(15,3)19(16)9-10-22(17,18)4/h9,15-18,24H,5-8,10-13H2,1-4H3/t15-,16?,17+,18?,20+,21-,22+/m0/s1. The second-order valence-electron chi connectivity index (χ2n) is 10.2. The molecule has 2 heteroatoms. The van der Waals surface area contributed by atoms with Crippen molar-refractivity contribution in [2.45, 2.75) is 84.7 Å². The number of allylic oxidation sites excluding steroid dienone is 2. The summed E-state index contributed by atoms with van der Waals surface area (Å²) in [7, 11) is 0. The van der Waals surface area contributed by atoms with Crippen LogP contribution in [0.1, 0.15) is 79.1 Å². The molecule has 7 atom stereocenters. The Morgan fingerprint density at radius 3 is 2.58 bits per heavy atom. The quantitative estimate of drug-likeness (QED) is 0.694. The first-order valence-corrected chi connectivity index (χ1v) is 10.1. The highest BCUT2D eigenvalue weighted by atomic mass is 16.3. The Labute approximate surface area is 147 Å². The molecule has 0 amide bonds. The van der Waals surface area contributed by atoms with Gasteiger partial charge in [-0.05, 0) is 93.8 Å². The topological polar surface area (TPSA) is 37.3 Å². The lowest BCUT2D eigenvalue weighted by molar-refractivity contribution is -0.125. The molecule has 0 aromatic heterocycles. The Kier molecular flexibility index (Phi) is 3.64. The third-order valence-corrected chi connectivity index (χ3v) is 8.80. The van der Waals surface area contributed by atoms with Crippen molar-refractivity contribution in [3.8, 4) is 0 Å². The molecular weight excluding hydrogens is 296 g/mol. The van der Waals surface area contributed by atoms with E-state index in [9.17, 15) is 9.90 Å². The molecule has 3 fully saturated rings. The average molecular weight is 331 g/mol. The maximum Gasteiger partial charge on any atom is 0.133 e. The molecule has 24 heavy (non-hydrogen) atoms. The van der Waals surface area contributed by atoms with Crippen LogP contribution < -0.4 is 0 Å². The van der Waals surface area contributed by atoms with Gasteiger partial charge in [-0.2, -0.15) is 0 Å². The van der Waals surface area contributed by atoms with Gasteiger partial charge >= 0.3 is 0 Å². The minimum absolute atomic E-state index is 0.198. The fraction of sp³-hybridized carbons (Fsp3) is 0.864. The van der Waals surface area contributed by atoms with Gasteiger partial charge in [0.25, 0.3) is 0 Å². The zero-order chi connectivity index (χ0) is 17.3. The summed E-state index contributed by atoms with van der Waals surface area (Å²) in [4.78, 5) is 12.2. The smallest absolute Gasteiger partial charge is 0.133 e. The van der Waals surface area contributed by atoms with E-state index in [-0.39, 0.29) is 11.3 Å². The molecule has 0 aromatic rings. The molecule has 4 rings (SSSR count). The van der Waals surface area contributed by atoms with Crippen molar-refractivity contribution in [3.63, 3.8) is 0 Å². The fourth-order valence-electron chi connectivity index (χ4n) is 7.37. The number of aliphatic hydroxyl groups is 1. The van der Waals surface area contributed by atoms with E-state index >= 15 is 0 Å². The fourth-order valence-corrected chi connectivity index (χ4v) is 7.37. The highest BCUT2D eigenvalue weighted by Crippen LogP contribution is 2.66. The number of carbonyl (C=O) groups excluding carboxylic acids is 1. The van der Waals surface area contributed by atoms with Crippen LogP contribution in [0.25, 0.3) is 0 Å². The van der Waals surface area contributed by atoms with Gasteiger partial charge in [-0.15, -0.1) is 0 Å². The van der Waals surface area contributed by atoms with Crippen LogP contribution in [-0.2, 0) is 4.79 Å². The minimum atomic E-state index is -0.464. The van der Waals surface area contributed by atoms with Crippen LogP contribution in [-0.4, -0.2) is 16.5 Å². The molecule has 0 saturated heterocycles. The van der Waals surface area contributed by atoms with Gasteiger partial charge in [0.1, 0.15) is 5.78 Å². The Morgan fingerprint density at radius 2 is 1.88 bits per heavy atom. The SMILES string of the molecule is CC(=O)[C@H]1CCC2C3CC[C@H]4C[C@](C)(O)CC[C@]4(C)C3=CC[C@@]21C. The van der Waals surface area contributed by atoms with Gasteiger partial charge in [-0.1, -0.05) is 25.5 Å². The van der Waals surface area contributed by atoms with E-state index in [0.717, 1.165) is 32.1 Å². The lowest BCUT2D eigenvalue weighted by Crippen LogP contribution is -2.51. The lowest BCUT2D eigenvalue weighted by atomic mass is 9.47. The average Bonchev–Trinajstić information content (AvgIpc) is 2.85. The Hall–Kier alpha value is -0.630. The zero-order valence-corrected chi connectivity index (χ0v) is 15.9. The van der Waals surface area contributed by atoms with Gasteiger partial charge in [-0.25, -0.2) is 0 Å². The predicted molar refractivity (Wildman–Crippen MR) is 96.5 cm³/mol. The van der Waals surface area contributed by atoms with Gasteiger partial charge in [0.05, 0.1) is 5.60 Å². The van der Waals surface area contributed by atoms with Crippen molar-refractivity contribution >= 4 is 5.78 Å². The highest BCUT2D eigenvalue weighted by Gasteiger charge is 2.58. The number of rotatable bonds is 1. The van der Waals surface area contributed by atoms with Gasteiger partial charge in [0.2, 0.25) is 0 Å². The molecule has 134 valence electrons. The summed E-state index contributed by atoms with van der Waals surface area (Å²) >= 11 is 0. The van der Waals surface area contributed by atoms with E-state index in [1.807, 2.05) is 6.92 Å². The predicted octanol–water partition coefficient (Wildman–Crippen LogP) is 4.91. The van der Waals surface area contributed by atoms with Gasteiger partial charge in [0.15, 0.2) is 0 Å². The molecule has 0 aromatic carbocycles. The molecule has 0 bridgehead atoms. The Bertz CT molecular complexity index is 589. The van der Waals surface area contributed by atoms with Crippen molar-refractivity contribution in [2.75, 3.05) is 0 Å². The maximum atomic E-state index is 12.2. The number of Topliss-reactive ketones (excluding diaryl/α,β-unsaturated/α-hetero) is 1. The molecule has 4 aliphatic rings. The summed E-state index contributed by atoms with van der Waals surface area (Å²) in [6.07, 6.45) is 11.5. The van der Waals surface area contributed by atoms with E-state index in [2.05, 4.69) is 19.9 Å². The van der Waals surface area contributed by atoms with E-state index in [4.69, 9.17) is 0 Å². The molecule has 3 saturated carbocycles. The molecule has 2 unspecified atom stereocenters. The summed E-state index contributed by atoms with van der Waals surface area (Å²) < 4.78 is 0. The number of carbonyl (C=O) groups is 1. The molecule has 0 aliphatic heterocycles. The van der Waals surface area contributed by atoms with Gasteiger partial charge < -0.3 is 5.11 Å². The van der Waals surface area contributed by atoms with Crippen LogP contribution in [0, 0.1) is 34.5 Å². The Morgan fingerprint density at radius 1 is 1.12 bits per heavy atom. The molecule has 1 N–H and O–H groups in total. The van der Waals surface area contributed by atoms with Crippen LogP contribution in [0.15, 0.2) is 11.6 Å². The number of hydrogen-bond acceptors (Lipinski definition) is 2. The molecular formula is C22H34O2. The molecule has 0 heterocycles. The lowest BCUT2D eigenvalue weighted by Gasteiger charge is -2.58. The maximum absolute atomic E-state index is 12.2. The van der Waals surface area contributed by atoms with Crippen LogP contribution in [0.5, 0.6) is 0 Å². The van der Waals surface area contributed by atoms with E-state index in [1.165, 1.54) is 19.3 Å². The van der Waals surface area contributed by atoms with Crippen molar-refractivity contribution in [1.82, 2.24) is 0 Å². The van der Waals surface area contributed by atoms with Gasteiger partial charge in [0, 0.05) is 5.92 Å². The largest absolute Gasteiger partial charge is 0.390 e. The first-order chi connectivity index (χ1) is 11.2. The second kappa shape index (κ2) is 5.19. The van der Waals surface area contributed by atoms with Crippen molar-refractivity contribution in [3.05, 3.63) is 11.6 Å². The van der Waals surface area contributed by atoms with Crippen LogP contribution in [0.3, 0.4) is 0 Å². The monoisotopic (exact) mass is 330 g/mol. The summed E-state index contributed by atoms with van der Waals surface area (Å²) in [6, 6.07) is 0. The van der Waals surface area contributed by atoms with E-state index < -0.39 is 5.60 Å². The first-order valence-electron chi connectivity index (χ1n) is 10.1. The van der Waals surface area contributed by atoms with Gasteiger partial charge in [-0.3, -0.25) is 4.79 Å². The highest BCUT2D eigenvalue weighted by molar-refractivity contribution is 5.79. The van der Waals surface area contributed by atoms with Crippen molar-refractivity contribution in [2.24, 2.45) is 34.5 Å². The summed E-state index contributed by atoms with van der Waals surface area (Å²) in [6.45, 7) is 8.70. The number of ketones is 1. The minimum Gasteiger partial charge on any atom is -0.390 e. The van der Waals surface area contributed by atoms with Crippen LogP contribution >= 0.6 is 0 Å². The Balaban J connectivity index is 1.68.